The Balaban J connectivity index is 2.89. The van der Waals surface area contributed by atoms with Gasteiger partial charge in [0.2, 0.25) is 0 Å². The number of allylic oxidation sites excluding steroid dienone is 1. The van der Waals surface area contributed by atoms with Crippen LogP contribution < -0.4 is 0 Å². The molecule has 0 aromatic rings. The fourth-order valence-electron chi connectivity index (χ4n) is 1.61. The first-order valence-corrected chi connectivity index (χ1v) is 4.44. The van der Waals surface area contributed by atoms with Gasteiger partial charge in [0.1, 0.15) is 0 Å². The van der Waals surface area contributed by atoms with Crippen LogP contribution in [-0.2, 0) is 4.79 Å². The van der Waals surface area contributed by atoms with Gasteiger partial charge in [-0.2, -0.15) is 0 Å². The Morgan fingerprint density at radius 3 is 2.54 bits per heavy atom. The largest absolute Gasteiger partial charge is 0.390 e. The highest BCUT2D eigenvalue weighted by atomic mass is 16.3. The van der Waals surface area contributed by atoms with E-state index in [1.807, 2.05) is 0 Å². The minimum Gasteiger partial charge on any atom is -0.390 e. The predicted molar refractivity (Wildman–Crippen MR) is 49.2 cm³/mol. The van der Waals surface area contributed by atoms with E-state index in [1.54, 1.807) is 20.8 Å². The molecule has 0 saturated heterocycles. The molecule has 0 radical (unpaired) electrons. The molecule has 0 amide bonds. The zero-order valence-electron chi connectivity index (χ0n) is 8.24. The number of Topliss-reactive ketones (excluding diaryl/α,β-unsaturated/α-hetero) is 1. The van der Waals surface area contributed by atoms with Crippen molar-refractivity contribution < 1.29 is 15.0 Å². The summed E-state index contributed by atoms with van der Waals surface area (Å²) in [6, 6.07) is 0. The fourth-order valence-corrected chi connectivity index (χ4v) is 1.61. The summed E-state index contributed by atoms with van der Waals surface area (Å²) in [5, 5.41) is 19.3. The molecule has 0 saturated carbocycles. The number of aliphatic hydroxyl groups is 2. The van der Waals surface area contributed by atoms with Crippen molar-refractivity contribution >= 4 is 5.78 Å². The van der Waals surface area contributed by atoms with E-state index in [9.17, 15) is 15.0 Å². The van der Waals surface area contributed by atoms with Gasteiger partial charge in [0, 0.05) is 12.3 Å². The van der Waals surface area contributed by atoms with Crippen LogP contribution in [0.15, 0.2) is 11.6 Å². The van der Waals surface area contributed by atoms with Crippen LogP contribution in [0.5, 0.6) is 0 Å². The number of carbonyl (C=O) groups is 1. The normalized spacial score (nSPS) is 30.2. The number of ketones is 1. The smallest absolute Gasteiger partial charge is 0.158 e. The van der Waals surface area contributed by atoms with Crippen LogP contribution in [-0.4, -0.2) is 27.7 Å². The lowest BCUT2D eigenvalue weighted by Gasteiger charge is -2.34. The molecule has 0 spiro atoms. The zero-order valence-corrected chi connectivity index (χ0v) is 8.24. The predicted octanol–water partition coefficient (Wildman–Crippen LogP) is 0.653. The number of carbonyl (C=O) groups excluding carboxylic acids is 1. The second-order valence-corrected chi connectivity index (χ2v) is 4.23. The van der Waals surface area contributed by atoms with Crippen molar-refractivity contribution in [3.05, 3.63) is 11.6 Å². The molecule has 74 valence electrons. The summed E-state index contributed by atoms with van der Waals surface area (Å²) in [5.74, 6) is -0.374. The average molecular weight is 184 g/mol. The van der Waals surface area contributed by atoms with Crippen LogP contribution in [0, 0.1) is 5.92 Å². The Hall–Kier alpha value is -0.670. The van der Waals surface area contributed by atoms with E-state index in [0.717, 1.165) is 0 Å². The van der Waals surface area contributed by atoms with Gasteiger partial charge in [0.15, 0.2) is 5.78 Å². The van der Waals surface area contributed by atoms with E-state index in [4.69, 9.17) is 0 Å². The van der Waals surface area contributed by atoms with E-state index in [-0.39, 0.29) is 18.1 Å². The Labute approximate surface area is 78.1 Å². The highest BCUT2D eigenvalue weighted by molar-refractivity contribution is 5.96. The molecular weight excluding hydrogens is 168 g/mol. The van der Waals surface area contributed by atoms with Gasteiger partial charge in [-0.3, -0.25) is 4.79 Å². The van der Waals surface area contributed by atoms with E-state index in [2.05, 4.69) is 0 Å². The van der Waals surface area contributed by atoms with Crippen molar-refractivity contribution in [2.75, 3.05) is 0 Å². The SMILES string of the molecule is CC1=C[C@H](O)[C@@H](C(C)(C)O)CC1=O. The lowest BCUT2D eigenvalue weighted by Crippen LogP contribution is -2.42. The van der Waals surface area contributed by atoms with Gasteiger partial charge >= 0.3 is 0 Å². The highest BCUT2D eigenvalue weighted by Crippen LogP contribution is 2.29. The maximum atomic E-state index is 11.3. The summed E-state index contributed by atoms with van der Waals surface area (Å²) in [5.41, 5.74) is -0.417. The molecule has 0 bridgehead atoms. The number of hydrogen-bond donors (Lipinski definition) is 2. The van der Waals surface area contributed by atoms with Crippen LogP contribution in [0.3, 0.4) is 0 Å². The summed E-state index contributed by atoms with van der Waals surface area (Å²) in [4.78, 5) is 11.3. The summed E-state index contributed by atoms with van der Waals surface area (Å²) in [7, 11) is 0. The minimum absolute atomic E-state index is 0.0115. The molecule has 0 unspecified atom stereocenters. The Morgan fingerprint density at radius 1 is 1.54 bits per heavy atom. The summed E-state index contributed by atoms with van der Waals surface area (Å²) >= 11 is 0. The Bertz CT molecular complexity index is 247. The number of rotatable bonds is 1. The maximum Gasteiger partial charge on any atom is 0.158 e. The van der Waals surface area contributed by atoms with E-state index >= 15 is 0 Å². The molecule has 2 N–H and O–H groups in total. The zero-order chi connectivity index (χ0) is 10.2. The van der Waals surface area contributed by atoms with Gasteiger partial charge < -0.3 is 10.2 Å². The molecule has 1 aliphatic carbocycles. The van der Waals surface area contributed by atoms with Gasteiger partial charge in [-0.25, -0.2) is 0 Å². The quantitative estimate of drug-likeness (QED) is 0.629. The standard InChI is InChI=1S/C10H16O3/c1-6-4-9(12)7(5-8(6)11)10(2,3)13/h4,7,9,12-13H,5H2,1-3H3/t7-,9-/m0/s1. The third-order valence-electron chi connectivity index (χ3n) is 2.59. The minimum atomic E-state index is -1.01. The van der Waals surface area contributed by atoms with Crippen molar-refractivity contribution in [3.63, 3.8) is 0 Å². The molecule has 0 fully saturated rings. The average Bonchev–Trinajstić information content (AvgIpc) is 1.94. The van der Waals surface area contributed by atoms with Crippen molar-refractivity contribution in [3.8, 4) is 0 Å². The van der Waals surface area contributed by atoms with Crippen molar-refractivity contribution in [2.24, 2.45) is 5.92 Å². The van der Waals surface area contributed by atoms with Crippen LogP contribution in [0.4, 0.5) is 0 Å². The molecule has 0 heterocycles. The molecule has 3 heteroatoms. The second kappa shape index (κ2) is 3.24. The molecule has 3 nitrogen and oxygen atoms in total. The number of aliphatic hydroxyl groups excluding tert-OH is 1. The van der Waals surface area contributed by atoms with Crippen LogP contribution in [0.25, 0.3) is 0 Å². The van der Waals surface area contributed by atoms with Crippen molar-refractivity contribution in [1.82, 2.24) is 0 Å². The third kappa shape index (κ3) is 2.17. The number of hydrogen-bond acceptors (Lipinski definition) is 3. The molecule has 0 aromatic carbocycles. The second-order valence-electron chi connectivity index (χ2n) is 4.23. The molecule has 1 rings (SSSR count). The molecule has 2 atom stereocenters. The van der Waals surface area contributed by atoms with E-state index in [1.165, 1.54) is 6.08 Å². The first-order chi connectivity index (χ1) is 5.82. The molecule has 0 aromatic heterocycles. The monoisotopic (exact) mass is 184 g/mol. The first-order valence-electron chi connectivity index (χ1n) is 4.44. The fraction of sp³-hybridized carbons (Fsp3) is 0.700. The maximum absolute atomic E-state index is 11.3. The Kier molecular flexibility index (Phi) is 2.59. The van der Waals surface area contributed by atoms with Gasteiger partial charge in [-0.15, -0.1) is 0 Å². The van der Waals surface area contributed by atoms with Gasteiger partial charge in [-0.1, -0.05) is 0 Å². The first kappa shape index (κ1) is 10.4. The van der Waals surface area contributed by atoms with E-state index < -0.39 is 11.7 Å². The van der Waals surface area contributed by atoms with Crippen LogP contribution >= 0.6 is 0 Å². The topological polar surface area (TPSA) is 57.5 Å². The van der Waals surface area contributed by atoms with Crippen molar-refractivity contribution in [2.45, 2.75) is 38.9 Å². The van der Waals surface area contributed by atoms with Crippen molar-refractivity contribution in [1.29, 1.82) is 0 Å². The van der Waals surface area contributed by atoms with Crippen LogP contribution in [0.2, 0.25) is 0 Å². The third-order valence-corrected chi connectivity index (χ3v) is 2.59. The lowest BCUT2D eigenvalue weighted by molar-refractivity contribution is -0.122. The van der Waals surface area contributed by atoms with E-state index in [0.29, 0.717) is 5.57 Å². The summed E-state index contributed by atoms with van der Waals surface area (Å²) < 4.78 is 0. The summed E-state index contributed by atoms with van der Waals surface area (Å²) in [6.45, 7) is 4.91. The van der Waals surface area contributed by atoms with Gasteiger partial charge in [0.25, 0.3) is 0 Å². The molecule has 1 aliphatic rings. The highest BCUT2D eigenvalue weighted by Gasteiger charge is 2.36. The summed E-state index contributed by atoms with van der Waals surface area (Å²) in [6.07, 6.45) is 1.04. The van der Waals surface area contributed by atoms with Crippen LogP contribution in [0.1, 0.15) is 27.2 Å². The molecular formula is C10H16O3. The Morgan fingerprint density at radius 2 is 2.08 bits per heavy atom. The van der Waals surface area contributed by atoms with Gasteiger partial charge in [0.05, 0.1) is 11.7 Å². The molecule has 0 aliphatic heterocycles. The molecule has 13 heavy (non-hydrogen) atoms. The van der Waals surface area contributed by atoms with Gasteiger partial charge in [-0.05, 0) is 32.4 Å². The lowest BCUT2D eigenvalue weighted by atomic mass is 9.77.